The Morgan fingerprint density at radius 3 is 3.05 bits per heavy atom. The molecule has 4 rings (SSSR count). The summed E-state index contributed by atoms with van der Waals surface area (Å²) in [5.74, 6) is 0. The Morgan fingerprint density at radius 2 is 2.18 bits per heavy atom. The zero-order valence-electron chi connectivity index (χ0n) is 12.8. The first kappa shape index (κ1) is 13.5. The van der Waals surface area contributed by atoms with Gasteiger partial charge in [-0.3, -0.25) is 9.58 Å². The van der Waals surface area contributed by atoms with Crippen LogP contribution >= 0.6 is 0 Å². The van der Waals surface area contributed by atoms with Crippen molar-refractivity contribution in [3.05, 3.63) is 48.2 Å². The maximum absolute atomic E-state index is 4.79. The summed E-state index contributed by atoms with van der Waals surface area (Å²) >= 11 is 0. The van der Waals surface area contributed by atoms with Crippen LogP contribution in [0.25, 0.3) is 5.65 Å². The third-order valence-electron chi connectivity index (χ3n) is 4.38. The summed E-state index contributed by atoms with van der Waals surface area (Å²) in [6.07, 6.45) is 11.5. The highest BCUT2D eigenvalue weighted by atomic mass is 15.3. The van der Waals surface area contributed by atoms with Gasteiger partial charge >= 0.3 is 0 Å². The van der Waals surface area contributed by atoms with Crippen molar-refractivity contribution in [3.63, 3.8) is 0 Å². The molecule has 1 fully saturated rings. The molecule has 1 aliphatic heterocycles. The highest BCUT2D eigenvalue weighted by molar-refractivity contribution is 5.37. The second-order valence-electron chi connectivity index (χ2n) is 5.99. The van der Waals surface area contributed by atoms with Crippen molar-refractivity contribution >= 4 is 5.65 Å². The number of rotatable bonds is 3. The van der Waals surface area contributed by atoms with Gasteiger partial charge in [-0.25, -0.2) is 9.50 Å². The summed E-state index contributed by atoms with van der Waals surface area (Å²) in [7, 11) is 1.96. The number of piperidine rings is 1. The van der Waals surface area contributed by atoms with Gasteiger partial charge in [0.15, 0.2) is 5.65 Å². The van der Waals surface area contributed by atoms with Gasteiger partial charge < -0.3 is 0 Å². The number of likely N-dealkylation sites (tertiary alicyclic amines) is 1. The van der Waals surface area contributed by atoms with Gasteiger partial charge in [0.05, 0.1) is 24.1 Å². The molecule has 114 valence electrons. The van der Waals surface area contributed by atoms with Gasteiger partial charge in [-0.05, 0) is 25.5 Å². The first-order valence-electron chi connectivity index (χ1n) is 7.81. The molecule has 3 aromatic rings. The zero-order chi connectivity index (χ0) is 14.9. The Bertz CT molecular complexity index is 774. The minimum Gasteiger partial charge on any atom is -0.290 e. The lowest BCUT2D eigenvalue weighted by molar-refractivity contribution is 0.137. The van der Waals surface area contributed by atoms with Crippen LogP contribution in [0.3, 0.4) is 0 Å². The van der Waals surface area contributed by atoms with Crippen LogP contribution < -0.4 is 0 Å². The lowest BCUT2D eigenvalue weighted by Gasteiger charge is -2.35. The fraction of sp³-hybridized carbons (Fsp3) is 0.438. The van der Waals surface area contributed by atoms with Gasteiger partial charge in [0.2, 0.25) is 0 Å². The first-order chi connectivity index (χ1) is 10.8. The van der Waals surface area contributed by atoms with Crippen molar-refractivity contribution in [1.29, 1.82) is 0 Å². The predicted octanol–water partition coefficient (Wildman–Crippen LogP) is 2.19. The van der Waals surface area contributed by atoms with Crippen LogP contribution in [-0.4, -0.2) is 35.8 Å². The number of aromatic nitrogens is 5. The molecule has 0 saturated carbocycles. The van der Waals surface area contributed by atoms with Crippen LogP contribution in [0.15, 0.2) is 36.9 Å². The van der Waals surface area contributed by atoms with Crippen molar-refractivity contribution in [3.8, 4) is 0 Å². The van der Waals surface area contributed by atoms with E-state index in [1.54, 1.807) is 6.20 Å². The molecule has 4 heterocycles. The van der Waals surface area contributed by atoms with Crippen molar-refractivity contribution < 1.29 is 0 Å². The fourth-order valence-electron chi connectivity index (χ4n) is 3.32. The van der Waals surface area contributed by atoms with Crippen molar-refractivity contribution in [1.82, 2.24) is 29.3 Å². The number of aryl methyl sites for hydroxylation is 1. The van der Waals surface area contributed by atoms with E-state index in [0.29, 0.717) is 6.04 Å². The highest BCUT2D eigenvalue weighted by Gasteiger charge is 2.25. The van der Waals surface area contributed by atoms with Crippen LogP contribution in [0.4, 0.5) is 0 Å². The largest absolute Gasteiger partial charge is 0.290 e. The molecule has 1 atom stereocenters. The molecule has 1 aliphatic rings. The molecule has 1 unspecified atom stereocenters. The molecular weight excluding hydrogens is 276 g/mol. The maximum Gasteiger partial charge on any atom is 0.155 e. The Balaban J connectivity index is 1.61. The molecule has 0 radical (unpaired) electrons. The standard InChI is InChI=1S/C16H20N6/c1-20-11-13(10-18-20)12-21-8-3-2-4-15(21)14-6-9-22-16(19-14)5-7-17-22/h5-7,9-11,15H,2-4,8,12H2,1H3. The predicted molar refractivity (Wildman–Crippen MR) is 83.2 cm³/mol. The smallest absolute Gasteiger partial charge is 0.155 e. The minimum atomic E-state index is 0.383. The van der Waals surface area contributed by atoms with Crippen LogP contribution in [0.1, 0.15) is 36.6 Å². The number of nitrogens with zero attached hydrogens (tertiary/aromatic N) is 6. The second-order valence-corrected chi connectivity index (χ2v) is 5.99. The summed E-state index contributed by atoms with van der Waals surface area (Å²) in [6, 6.07) is 4.44. The van der Waals surface area contributed by atoms with E-state index < -0.39 is 0 Å². The van der Waals surface area contributed by atoms with Gasteiger partial charge in [0.1, 0.15) is 0 Å². The third-order valence-corrected chi connectivity index (χ3v) is 4.38. The molecule has 3 aromatic heterocycles. The Morgan fingerprint density at radius 1 is 1.23 bits per heavy atom. The summed E-state index contributed by atoms with van der Waals surface area (Å²) in [6.45, 7) is 2.05. The third kappa shape index (κ3) is 2.50. The van der Waals surface area contributed by atoms with Gasteiger partial charge in [0.25, 0.3) is 0 Å². The summed E-state index contributed by atoms with van der Waals surface area (Å²) < 4.78 is 3.68. The number of hydrogen-bond acceptors (Lipinski definition) is 4. The normalized spacial score (nSPS) is 19.8. The average Bonchev–Trinajstić information content (AvgIpc) is 3.16. The maximum atomic E-state index is 4.79. The second kappa shape index (κ2) is 5.53. The van der Waals surface area contributed by atoms with E-state index in [1.165, 1.54) is 18.4 Å². The van der Waals surface area contributed by atoms with Crippen LogP contribution in [0.5, 0.6) is 0 Å². The molecule has 22 heavy (non-hydrogen) atoms. The molecule has 6 nitrogen and oxygen atoms in total. The Labute approximate surface area is 129 Å². The summed E-state index contributed by atoms with van der Waals surface area (Å²) in [4.78, 5) is 7.32. The molecule has 1 saturated heterocycles. The molecule has 6 heteroatoms. The zero-order valence-corrected chi connectivity index (χ0v) is 12.8. The monoisotopic (exact) mass is 296 g/mol. The van der Waals surface area contributed by atoms with E-state index in [1.807, 2.05) is 34.7 Å². The average molecular weight is 296 g/mol. The quantitative estimate of drug-likeness (QED) is 0.743. The lowest BCUT2D eigenvalue weighted by Crippen LogP contribution is -2.33. The van der Waals surface area contributed by atoms with E-state index >= 15 is 0 Å². The molecular formula is C16H20N6. The van der Waals surface area contributed by atoms with Gasteiger partial charge in [0, 0.05) is 37.6 Å². The lowest BCUT2D eigenvalue weighted by atomic mass is 9.98. The first-order valence-corrected chi connectivity index (χ1v) is 7.81. The van der Waals surface area contributed by atoms with Crippen molar-refractivity contribution in [2.75, 3.05) is 6.54 Å². The molecule has 0 aliphatic carbocycles. The van der Waals surface area contributed by atoms with E-state index in [9.17, 15) is 0 Å². The van der Waals surface area contributed by atoms with Gasteiger partial charge in [-0.15, -0.1) is 0 Å². The Kier molecular flexibility index (Phi) is 3.38. The molecule has 0 aromatic carbocycles. The topological polar surface area (TPSA) is 51.2 Å². The van der Waals surface area contributed by atoms with Crippen LogP contribution in [-0.2, 0) is 13.6 Å². The molecule has 0 bridgehead atoms. The van der Waals surface area contributed by atoms with Crippen LogP contribution in [0.2, 0.25) is 0 Å². The summed E-state index contributed by atoms with van der Waals surface area (Å²) in [5.41, 5.74) is 3.33. The van der Waals surface area contributed by atoms with Crippen LogP contribution in [0, 0.1) is 0 Å². The van der Waals surface area contributed by atoms with Gasteiger partial charge in [-0.1, -0.05) is 6.42 Å². The number of hydrogen-bond donors (Lipinski definition) is 0. The summed E-state index contributed by atoms with van der Waals surface area (Å²) in [5, 5.41) is 8.50. The fourth-order valence-corrected chi connectivity index (χ4v) is 3.32. The van der Waals surface area contributed by atoms with Gasteiger partial charge in [-0.2, -0.15) is 10.2 Å². The van der Waals surface area contributed by atoms with Crippen molar-refractivity contribution in [2.24, 2.45) is 7.05 Å². The van der Waals surface area contributed by atoms with E-state index in [4.69, 9.17) is 4.98 Å². The molecule has 0 N–H and O–H groups in total. The van der Waals surface area contributed by atoms with E-state index in [2.05, 4.69) is 27.4 Å². The minimum absolute atomic E-state index is 0.383. The number of fused-ring (bicyclic) bond motifs is 1. The Hall–Kier alpha value is -2.21. The highest BCUT2D eigenvalue weighted by Crippen LogP contribution is 2.31. The van der Waals surface area contributed by atoms with E-state index in [-0.39, 0.29) is 0 Å². The van der Waals surface area contributed by atoms with Crippen molar-refractivity contribution in [2.45, 2.75) is 31.8 Å². The molecule has 0 amide bonds. The molecule has 0 spiro atoms. The van der Waals surface area contributed by atoms with E-state index in [0.717, 1.165) is 30.9 Å². The SMILES string of the molecule is Cn1cc(CN2CCCCC2c2ccn3nccc3n2)cn1.